The van der Waals surface area contributed by atoms with Gasteiger partial charge < -0.3 is 10.4 Å². The summed E-state index contributed by atoms with van der Waals surface area (Å²) in [5, 5.41) is 11.3. The molecule has 0 aliphatic heterocycles. The van der Waals surface area contributed by atoms with Gasteiger partial charge >= 0.3 is 5.97 Å². The molecule has 0 fully saturated rings. The fourth-order valence-corrected chi connectivity index (χ4v) is 1.55. The van der Waals surface area contributed by atoms with Crippen molar-refractivity contribution in [3.63, 3.8) is 0 Å². The Morgan fingerprint density at radius 2 is 2.05 bits per heavy atom. The van der Waals surface area contributed by atoms with Crippen LogP contribution in [0.2, 0.25) is 0 Å². The Bertz CT molecular complexity index is 463. The Hall–Kier alpha value is -1.95. The Morgan fingerprint density at radius 3 is 2.58 bits per heavy atom. The summed E-state index contributed by atoms with van der Waals surface area (Å²) in [6, 6.07) is 5.46. The summed E-state index contributed by atoms with van der Waals surface area (Å²) in [6.45, 7) is 3.34. The summed E-state index contributed by atoms with van der Waals surface area (Å²) < 4.78 is 12.9. The number of carboxylic acids is 1. The summed E-state index contributed by atoms with van der Waals surface area (Å²) in [4.78, 5) is 23.9. The predicted octanol–water partition coefficient (Wildman–Crippen LogP) is 1.56. The lowest BCUT2D eigenvalue weighted by atomic mass is 10.3. The highest BCUT2D eigenvalue weighted by Gasteiger charge is 2.17. The Labute approximate surface area is 111 Å². The van der Waals surface area contributed by atoms with Gasteiger partial charge in [-0.05, 0) is 32.0 Å². The van der Waals surface area contributed by atoms with E-state index in [0.717, 1.165) is 0 Å². The maximum absolute atomic E-state index is 12.9. The van der Waals surface area contributed by atoms with Crippen molar-refractivity contribution >= 4 is 17.6 Å². The lowest BCUT2D eigenvalue weighted by Crippen LogP contribution is -2.41. The molecule has 19 heavy (non-hydrogen) atoms. The first-order valence-corrected chi connectivity index (χ1v) is 5.89. The number of carboxylic acid groups (broad SMARTS) is 1. The molecule has 0 atom stereocenters. The Kier molecular flexibility index (Phi) is 5.44. The highest BCUT2D eigenvalue weighted by atomic mass is 19.1. The SMILES string of the molecule is CC(C)N(CC(=O)O)CC(=O)Nc1cccc(F)c1. The van der Waals surface area contributed by atoms with Gasteiger partial charge in [0.15, 0.2) is 0 Å². The number of nitrogens with zero attached hydrogens (tertiary/aromatic N) is 1. The smallest absolute Gasteiger partial charge is 0.317 e. The van der Waals surface area contributed by atoms with Gasteiger partial charge in [0.05, 0.1) is 13.1 Å². The summed E-state index contributed by atoms with van der Waals surface area (Å²) in [5.74, 6) is -1.81. The van der Waals surface area contributed by atoms with Gasteiger partial charge in [0, 0.05) is 11.7 Å². The Balaban J connectivity index is 2.60. The Morgan fingerprint density at radius 1 is 1.37 bits per heavy atom. The quantitative estimate of drug-likeness (QED) is 0.821. The number of aliphatic carboxylic acids is 1. The zero-order chi connectivity index (χ0) is 14.4. The van der Waals surface area contributed by atoms with Crippen molar-refractivity contribution in [3.05, 3.63) is 30.1 Å². The van der Waals surface area contributed by atoms with Crippen LogP contribution in [-0.4, -0.2) is 41.0 Å². The molecule has 1 aromatic carbocycles. The standard InChI is InChI=1S/C13H17FN2O3/c1-9(2)16(8-13(18)19)7-12(17)15-11-5-3-4-10(14)6-11/h3-6,9H,7-8H2,1-2H3,(H,15,17)(H,18,19). The third-order valence-corrected chi connectivity index (χ3v) is 2.52. The van der Waals surface area contributed by atoms with Gasteiger partial charge in [0.1, 0.15) is 5.82 Å². The third-order valence-electron chi connectivity index (χ3n) is 2.52. The molecule has 1 rings (SSSR count). The highest BCUT2D eigenvalue weighted by Crippen LogP contribution is 2.09. The van der Waals surface area contributed by atoms with Crippen LogP contribution >= 0.6 is 0 Å². The van der Waals surface area contributed by atoms with Gasteiger partial charge in [0.2, 0.25) is 5.91 Å². The average Bonchev–Trinajstić information content (AvgIpc) is 2.27. The van der Waals surface area contributed by atoms with Crippen molar-refractivity contribution in [1.29, 1.82) is 0 Å². The van der Waals surface area contributed by atoms with Crippen molar-refractivity contribution in [2.75, 3.05) is 18.4 Å². The molecule has 104 valence electrons. The molecule has 0 aromatic heterocycles. The van der Waals surface area contributed by atoms with Gasteiger partial charge in [0.25, 0.3) is 0 Å². The third kappa shape index (κ3) is 5.48. The summed E-state index contributed by atoms with van der Waals surface area (Å²) >= 11 is 0. The van der Waals surface area contributed by atoms with Crippen LogP contribution in [0.15, 0.2) is 24.3 Å². The van der Waals surface area contributed by atoms with Gasteiger partial charge in [-0.15, -0.1) is 0 Å². The normalized spacial score (nSPS) is 10.8. The van der Waals surface area contributed by atoms with E-state index in [1.807, 2.05) is 0 Å². The van der Waals surface area contributed by atoms with Crippen LogP contribution in [0.1, 0.15) is 13.8 Å². The number of hydrogen-bond acceptors (Lipinski definition) is 3. The molecule has 0 aliphatic carbocycles. The number of nitrogens with one attached hydrogen (secondary N) is 1. The van der Waals surface area contributed by atoms with E-state index >= 15 is 0 Å². The van der Waals surface area contributed by atoms with Gasteiger partial charge in [-0.3, -0.25) is 14.5 Å². The molecule has 6 heteroatoms. The second-order valence-corrected chi connectivity index (χ2v) is 4.45. The molecule has 0 spiro atoms. The summed E-state index contributed by atoms with van der Waals surface area (Å²) in [5.41, 5.74) is 0.351. The van der Waals surface area contributed by atoms with Crippen LogP contribution in [0, 0.1) is 5.82 Å². The average molecular weight is 268 g/mol. The maximum Gasteiger partial charge on any atom is 0.317 e. The van der Waals surface area contributed by atoms with E-state index in [9.17, 15) is 14.0 Å². The van der Waals surface area contributed by atoms with Crippen LogP contribution in [0.3, 0.4) is 0 Å². The molecule has 0 saturated carbocycles. The van der Waals surface area contributed by atoms with Crippen molar-refractivity contribution in [2.45, 2.75) is 19.9 Å². The van der Waals surface area contributed by atoms with Crippen molar-refractivity contribution < 1.29 is 19.1 Å². The van der Waals surface area contributed by atoms with E-state index in [1.165, 1.54) is 23.1 Å². The van der Waals surface area contributed by atoms with E-state index < -0.39 is 11.8 Å². The van der Waals surface area contributed by atoms with E-state index in [2.05, 4.69) is 5.32 Å². The molecule has 1 aromatic rings. The van der Waals surface area contributed by atoms with Crippen LogP contribution in [0.4, 0.5) is 10.1 Å². The first-order chi connectivity index (χ1) is 8.88. The largest absolute Gasteiger partial charge is 0.480 e. The summed E-state index contributed by atoms with van der Waals surface area (Å²) in [6.07, 6.45) is 0. The van der Waals surface area contributed by atoms with E-state index in [-0.39, 0.29) is 25.0 Å². The van der Waals surface area contributed by atoms with Crippen LogP contribution in [-0.2, 0) is 9.59 Å². The van der Waals surface area contributed by atoms with Crippen LogP contribution in [0.25, 0.3) is 0 Å². The molecule has 2 N–H and O–H groups in total. The zero-order valence-corrected chi connectivity index (χ0v) is 10.9. The molecule has 0 saturated heterocycles. The fraction of sp³-hybridized carbons (Fsp3) is 0.385. The maximum atomic E-state index is 12.9. The molecular formula is C13H17FN2O3. The number of rotatable bonds is 6. The predicted molar refractivity (Wildman–Crippen MR) is 69.4 cm³/mol. The van der Waals surface area contributed by atoms with Crippen molar-refractivity contribution in [2.24, 2.45) is 0 Å². The zero-order valence-electron chi connectivity index (χ0n) is 10.9. The molecule has 5 nitrogen and oxygen atoms in total. The van der Waals surface area contributed by atoms with E-state index in [1.54, 1.807) is 19.9 Å². The van der Waals surface area contributed by atoms with Gasteiger partial charge in [-0.1, -0.05) is 6.07 Å². The van der Waals surface area contributed by atoms with E-state index in [0.29, 0.717) is 5.69 Å². The molecule has 0 radical (unpaired) electrons. The second kappa shape index (κ2) is 6.84. The van der Waals surface area contributed by atoms with Crippen LogP contribution < -0.4 is 5.32 Å². The van der Waals surface area contributed by atoms with Crippen molar-refractivity contribution in [3.8, 4) is 0 Å². The lowest BCUT2D eigenvalue weighted by molar-refractivity contribution is -0.139. The van der Waals surface area contributed by atoms with Crippen molar-refractivity contribution in [1.82, 2.24) is 4.90 Å². The topological polar surface area (TPSA) is 69.6 Å². The lowest BCUT2D eigenvalue weighted by Gasteiger charge is -2.23. The van der Waals surface area contributed by atoms with E-state index in [4.69, 9.17) is 5.11 Å². The number of amides is 1. The minimum atomic E-state index is -0.993. The minimum absolute atomic E-state index is 0.0551. The molecule has 1 amide bonds. The summed E-state index contributed by atoms with van der Waals surface area (Å²) in [7, 11) is 0. The number of anilines is 1. The first-order valence-electron chi connectivity index (χ1n) is 5.89. The number of carbonyl (C=O) groups excluding carboxylic acids is 1. The molecule has 0 unspecified atom stereocenters. The molecule has 0 aliphatic rings. The van der Waals surface area contributed by atoms with Gasteiger partial charge in [-0.2, -0.15) is 0 Å². The number of halogens is 1. The molecule has 0 heterocycles. The number of hydrogen-bond donors (Lipinski definition) is 2. The monoisotopic (exact) mass is 268 g/mol. The van der Waals surface area contributed by atoms with Crippen LogP contribution in [0.5, 0.6) is 0 Å². The molecular weight excluding hydrogens is 251 g/mol. The molecule has 0 bridgehead atoms. The number of carbonyl (C=O) groups is 2. The highest BCUT2D eigenvalue weighted by molar-refractivity contribution is 5.92. The second-order valence-electron chi connectivity index (χ2n) is 4.45. The fourth-order valence-electron chi connectivity index (χ4n) is 1.55. The first kappa shape index (κ1) is 15.1. The van der Waals surface area contributed by atoms with Gasteiger partial charge in [-0.25, -0.2) is 4.39 Å². The number of benzene rings is 1. The minimum Gasteiger partial charge on any atom is -0.480 e.